The van der Waals surface area contributed by atoms with Crippen molar-refractivity contribution in [3.05, 3.63) is 30.3 Å². The molecule has 0 spiro atoms. The lowest BCUT2D eigenvalue weighted by Gasteiger charge is -2.26. The molecule has 3 amide bonds. The fourth-order valence-corrected chi connectivity index (χ4v) is 2.70. The summed E-state index contributed by atoms with van der Waals surface area (Å²) in [6, 6.07) is 7.99. The van der Waals surface area contributed by atoms with Gasteiger partial charge in [-0.15, -0.1) is 0 Å². The Bertz CT molecular complexity index is 617. The Hall–Kier alpha value is -2.41. The highest BCUT2D eigenvalue weighted by atomic mass is 16.2. The van der Waals surface area contributed by atoms with Crippen LogP contribution in [0.3, 0.4) is 0 Å². The first-order chi connectivity index (χ1) is 12.7. The molecule has 7 nitrogen and oxygen atoms in total. The topological polar surface area (TPSA) is 113 Å². The predicted molar refractivity (Wildman–Crippen MR) is 107 cm³/mol. The van der Waals surface area contributed by atoms with Crippen molar-refractivity contribution < 1.29 is 14.4 Å². The van der Waals surface area contributed by atoms with Gasteiger partial charge in [0.2, 0.25) is 17.7 Å². The largest absolute Gasteiger partial charge is 0.370 e. The Morgan fingerprint density at radius 1 is 1.00 bits per heavy atom. The van der Waals surface area contributed by atoms with E-state index in [1.54, 1.807) is 12.1 Å². The number of carbonyl (C=O) groups excluding carboxylic acids is 3. The van der Waals surface area contributed by atoms with Crippen LogP contribution in [0.25, 0.3) is 0 Å². The van der Waals surface area contributed by atoms with Gasteiger partial charge in [0.15, 0.2) is 0 Å². The molecule has 0 aliphatic heterocycles. The first-order valence-corrected chi connectivity index (χ1v) is 9.38. The molecule has 1 aromatic carbocycles. The highest BCUT2D eigenvalue weighted by Crippen LogP contribution is 2.11. The predicted octanol–water partition coefficient (Wildman–Crippen LogP) is 1.65. The molecule has 5 N–H and O–H groups in total. The van der Waals surface area contributed by atoms with Crippen molar-refractivity contribution >= 4 is 23.4 Å². The van der Waals surface area contributed by atoms with Gasteiger partial charge in [0.1, 0.15) is 6.04 Å². The Kier molecular flexibility index (Phi) is 9.50. The number of anilines is 1. The maximum atomic E-state index is 12.7. The smallest absolute Gasteiger partial charge is 0.246 e. The normalized spacial score (nSPS) is 13.3. The Morgan fingerprint density at radius 2 is 1.63 bits per heavy atom. The molecule has 1 aromatic rings. The number of nitrogens with two attached hydrogens (primary N) is 1. The van der Waals surface area contributed by atoms with Crippen LogP contribution in [0.5, 0.6) is 0 Å². The third-order valence-corrected chi connectivity index (χ3v) is 4.07. The first kappa shape index (κ1) is 22.6. The van der Waals surface area contributed by atoms with Gasteiger partial charge in [-0.2, -0.15) is 0 Å². The molecule has 0 heterocycles. The van der Waals surface area contributed by atoms with Gasteiger partial charge in [0.25, 0.3) is 0 Å². The highest BCUT2D eigenvalue weighted by molar-refractivity contribution is 5.97. The fraction of sp³-hybridized carbons (Fsp3) is 0.550. The zero-order valence-electron chi connectivity index (χ0n) is 16.6. The summed E-state index contributed by atoms with van der Waals surface area (Å²) in [5, 5.41) is 8.76. The minimum atomic E-state index is -0.642. The minimum absolute atomic E-state index is 0.00485. The number of para-hydroxylation sites is 1. The van der Waals surface area contributed by atoms with Crippen molar-refractivity contribution in [2.75, 3.05) is 11.9 Å². The minimum Gasteiger partial charge on any atom is -0.370 e. The molecule has 150 valence electrons. The molecule has 0 radical (unpaired) electrons. The molecular weight excluding hydrogens is 344 g/mol. The molecule has 1 rings (SSSR count). The molecule has 7 heteroatoms. The van der Waals surface area contributed by atoms with E-state index in [9.17, 15) is 14.4 Å². The quantitative estimate of drug-likeness (QED) is 0.470. The summed E-state index contributed by atoms with van der Waals surface area (Å²) < 4.78 is 0. The van der Waals surface area contributed by atoms with Crippen LogP contribution in [-0.2, 0) is 14.4 Å². The summed E-state index contributed by atoms with van der Waals surface area (Å²) in [4.78, 5) is 36.3. The van der Waals surface area contributed by atoms with Crippen LogP contribution in [0.4, 0.5) is 5.69 Å². The molecule has 0 saturated heterocycles. The second kappa shape index (κ2) is 11.3. The fourth-order valence-electron chi connectivity index (χ4n) is 2.70. The summed E-state index contributed by atoms with van der Waals surface area (Å²) in [5.74, 6) is -0.705. The van der Waals surface area contributed by atoms with E-state index in [0.29, 0.717) is 18.7 Å². The molecular formula is C20H32N4O3. The van der Waals surface area contributed by atoms with Gasteiger partial charge in [0.05, 0.1) is 6.04 Å². The van der Waals surface area contributed by atoms with Crippen LogP contribution >= 0.6 is 0 Å². The second-order valence-electron chi connectivity index (χ2n) is 7.44. The highest BCUT2D eigenvalue weighted by Gasteiger charge is 2.27. The van der Waals surface area contributed by atoms with Crippen LogP contribution in [0.1, 0.15) is 40.5 Å². The third kappa shape index (κ3) is 8.68. The zero-order valence-corrected chi connectivity index (χ0v) is 16.6. The van der Waals surface area contributed by atoms with Crippen LogP contribution in [-0.4, -0.2) is 36.3 Å². The van der Waals surface area contributed by atoms with Crippen molar-refractivity contribution in [2.24, 2.45) is 17.6 Å². The van der Waals surface area contributed by atoms with Gasteiger partial charge in [0, 0.05) is 18.7 Å². The number of nitrogens with one attached hydrogen (secondary N) is 3. The van der Waals surface area contributed by atoms with Crippen LogP contribution in [0, 0.1) is 11.8 Å². The molecule has 0 fully saturated rings. The van der Waals surface area contributed by atoms with Crippen molar-refractivity contribution in [3.63, 3.8) is 0 Å². The first-order valence-electron chi connectivity index (χ1n) is 9.38. The van der Waals surface area contributed by atoms with Crippen LogP contribution in [0.15, 0.2) is 30.3 Å². The Morgan fingerprint density at radius 3 is 2.15 bits per heavy atom. The maximum absolute atomic E-state index is 12.7. The van der Waals surface area contributed by atoms with Crippen molar-refractivity contribution in [3.8, 4) is 0 Å². The van der Waals surface area contributed by atoms with E-state index in [4.69, 9.17) is 5.73 Å². The summed E-state index contributed by atoms with van der Waals surface area (Å²) in [5.41, 5.74) is 5.83. The van der Waals surface area contributed by atoms with E-state index in [1.165, 1.54) is 0 Å². The molecule has 0 aromatic heterocycles. The van der Waals surface area contributed by atoms with Crippen molar-refractivity contribution in [2.45, 2.75) is 52.6 Å². The molecule has 0 saturated carbocycles. The summed E-state index contributed by atoms with van der Waals surface area (Å²) in [6.07, 6.45) is 0.678. The molecule has 27 heavy (non-hydrogen) atoms. The van der Waals surface area contributed by atoms with E-state index in [0.717, 1.165) is 0 Å². The zero-order chi connectivity index (χ0) is 20.4. The average molecular weight is 377 g/mol. The number of carbonyl (C=O) groups is 3. The van der Waals surface area contributed by atoms with Crippen LogP contribution < -0.4 is 21.7 Å². The molecule has 0 bridgehead atoms. The summed E-state index contributed by atoms with van der Waals surface area (Å²) >= 11 is 0. The van der Waals surface area contributed by atoms with E-state index in [-0.39, 0.29) is 30.1 Å². The lowest BCUT2D eigenvalue weighted by Crippen LogP contribution is -2.53. The third-order valence-electron chi connectivity index (χ3n) is 4.07. The van der Waals surface area contributed by atoms with E-state index in [1.807, 2.05) is 45.9 Å². The van der Waals surface area contributed by atoms with Gasteiger partial charge in [-0.3, -0.25) is 14.4 Å². The molecule has 0 aliphatic rings. The van der Waals surface area contributed by atoms with Crippen molar-refractivity contribution in [1.82, 2.24) is 10.6 Å². The average Bonchev–Trinajstić information content (AvgIpc) is 2.57. The lowest BCUT2D eigenvalue weighted by atomic mass is 9.99. The molecule has 0 unspecified atom stereocenters. The van der Waals surface area contributed by atoms with Crippen molar-refractivity contribution in [1.29, 1.82) is 0 Å². The number of hydrogen-bond acceptors (Lipinski definition) is 4. The number of primary amides is 1. The van der Waals surface area contributed by atoms with Crippen LogP contribution in [0.2, 0.25) is 0 Å². The Balaban J connectivity index is 2.78. The van der Waals surface area contributed by atoms with E-state index in [2.05, 4.69) is 16.0 Å². The number of benzene rings is 1. The summed E-state index contributed by atoms with van der Waals surface area (Å²) in [7, 11) is 0. The molecule has 2 atom stereocenters. The second-order valence-corrected chi connectivity index (χ2v) is 7.44. The SMILES string of the molecule is CC(C)C[C@H](NC(=O)[C@H](NCCC(N)=O)C(C)C)C(=O)Nc1ccccc1. The summed E-state index contributed by atoms with van der Waals surface area (Å²) in [6.45, 7) is 8.13. The number of rotatable bonds is 11. The Labute approximate surface area is 161 Å². The van der Waals surface area contributed by atoms with E-state index < -0.39 is 18.0 Å². The standard InChI is InChI=1S/C20H32N4O3/c1-13(2)12-16(19(26)23-15-8-6-5-7-9-15)24-20(27)18(14(3)4)22-11-10-17(21)25/h5-9,13-14,16,18,22H,10-12H2,1-4H3,(H2,21,25)(H,23,26)(H,24,27)/t16-,18+/m0/s1. The lowest BCUT2D eigenvalue weighted by molar-refractivity contribution is -0.129. The van der Waals surface area contributed by atoms with Gasteiger partial charge in [-0.05, 0) is 30.4 Å². The number of hydrogen-bond donors (Lipinski definition) is 4. The maximum Gasteiger partial charge on any atom is 0.246 e. The number of amides is 3. The van der Waals surface area contributed by atoms with Gasteiger partial charge < -0.3 is 21.7 Å². The van der Waals surface area contributed by atoms with Gasteiger partial charge >= 0.3 is 0 Å². The van der Waals surface area contributed by atoms with Gasteiger partial charge in [-0.25, -0.2) is 0 Å². The molecule has 0 aliphatic carbocycles. The van der Waals surface area contributed by atoms with Gasteiger partial charge in [-0.1, -0.05) is 45.9 Å². The monoisotopic (exact) mass is 376 g/mol. The van der Waals surface area contributed by atoms with E-state index >= 15 is 0 Å².